The predicted molar refractivity (Wildman–Crippen MR) is 119 cm³/mol. The maximum absolute atomic E-state index is 12.6. The molecule has 0 heterocycles. The molecule has 0 saturated carbocycles. The fourth-order valence-corrected chi connectivity index (χ4v) is 2.84. The van der Waals surface area contributed by atoms with Gasteiger partial charge in [0.2, 0.25) is 0 Å². The highest BCUT2D eigenvalue weighted by molar-refractivity contribution is 6.09. The second-order valence-electron chi connectivity index (χ2n) is 7.60. The number of phenols is 3. The normalized spacial score (nSPS) is 12.0. The highest BCUT2D eigenvalue weighted by Gasteiger charge is 2.19. The van der Waals surface area contributed by atoms with Crippen molar-refractivity contribution in [1.29, 1.82) is 0 Å². The van der Waals surface area contributed by atoms with Crippen molar-refractivity contribution < 1.29 is 25.2 Å². The number of aromatic hydroxyl groups is 3. The van der Waals surface area contributed by atoms with E-state index < -0.39 is 11.9 Å². The van der Waals surface area contributed by atoms with E-state index in [1.54, 1.807) is 31.2 Å². The summed E-state index contributed by atoms with van der Waals surface area (Å²) in [6.45, 7) is 9.25. The first-order valence-electron chi connectivity index (χ1n) is 9.65. The number of allylic oxidation sites excluding steroid dienone is 3. The van der Waals surface area contributed by atoms with Crippen LogP contribution < -0.4 is 0 Å². The maximum atomic E-state index is 12.6. The van der Waals surface area contributed by atoms with E-state index in [0.29, 0.717) is 12.0 Å². The van der Waals surface area contributed by atoms with Gasteiger partial charge in [0.15, 0.2) is 5.78 Å². The summed E-state index contributed by atoms with van der Waals surface area (Å²) in [6.07, 6.45) is 4.51. The van der Waals surface area contributed by atoms with Crippen LogP contribution in [0.2, 0.25) is 0 Å². The van der Waals surface area contributed by atoms with Crippen molar-refractivity contribution in [2.75, 3.05) is 0 Å². The maximum Gasteiger partial charge on any atom is 0.189 e. The molecule has 0 aromatic heterocycles. The number of carbonyl (C=O) groups excluding carboxylic acids is 1. The van der Waals surface area contributed by atoms with Crippen molar-refractivity contribution in [2.45, 2.75) is 39.7 Å². The molecule has 5 heteroatoms. The van der Waals surface area contributed by atoms with Crippen LogP contribution in [0.1, 0.15) is 47.8 Å². The minimum atomic E-state index is -0.945. The van der Waals surface area contributed by atoms with Gasteiger partial charge in [0.1, 0.15) is 17.2 Å². The molecule has 0 aliphatic rings. The Balaban J connectivity index is 2.28. The number of phenolic OH excluding ortho intramolecular Hbond substituents is 3. The Morgan fingerprint density at radius 1 is 1.07 bits per heavy atom. The lowest BCUT2D eigenvalue weighted by molar-refractivity contribution is 0.104. The Kier molecular flexibility index (Phi) is 7.61. The first-order valence-corrected chi connectivity index (χ1v) is 9.65. The van der Waals surface area contributed by atoms with E-state index in [1.807, 2.05) is 19.9 Å². The minimum Gasteiger partial charge on any atom is -0.508 e. The van der Waals surface area contributed by atoms with Crippen LogP contribution in [-0.2, 0) is 12.8 Å². The molecule has 2 rings (SSSR count). The lowest BCUT2D eigenvalue weighted by atomic mass is 9.97. The van der Waals surface area contributed by atoms with Gasteiger partial charge in [0.25, 0.3) is 0 Å². The molecule has 0 aliphatic carbocycles. The predicted octanol–water partition coefficient (Wildman–Crippen LogP) is 4.69. The van der Waals surface area contributed by atoms with Crippen LogP contribution in [0, 0.1) is 0 Å². The third-order valence-electron chi connectivity index (χ3n) is 4.75. The van der Waals surface area contributed by atoms with Gasteiger partial charge in [0, 0.05) is 12.0 Å². The number of carbonyl (C=O) groups is 1. The Morgan fingerprint density at radius 3 is 2.37 bits per heavy atom. The Hall–Kier alpha value is -3.31. The Morgan fingerprint density at radius 2 is 1.73 bits per heavy atom. The molecule has 0 bridgehead atoms. The molecule has 0 spiro atoms. The van der Waals surface area contributed by atoms with Crippen LogP contribution in [0.5, 0.6) is 17.2 Å². The van der Waals surface area contributed by atoms with Gasteiger partial charge in [-0.05, 0) is 68.7 Å². The number of benzene rings is 2. The third kappa shape index (κ3) is 5.84. The number of aliphatic hydroxyl groups is 1. The average molecular weight is 408 g/mol. The summed E-state index contributed by atoms with van der Waals surface area (Å²) in [7, 11) is 0. The van der Waals surface area contributed by atoms with Crippen molar-refractivity contribution in [2.24, 2.45) is 0 Å². The highest BCUT2D eigenvalue weighted by Crippen LogP contribution is 2.33. The molecular formula is C25H28O5. The van der Waals surface area contributed by atoms with E-state index in [2.05, 4.69) is 6.58 Å². The number of rotatable bonds is 8. The molecule has 5 nitrogen and oxygen atoms in total. The smallest absolute Gasteiger partial charge is 0.189 e. The molecule has 1 atom stereocenters. The van der Waals surface area contributed by atoms with Gasteiger partial charge in [-0.15, -0.1) is 0 Å². The molecule has 0 saturated heterocycles. The van der Waals surface area contributed by atoms with E-state index in [9.17, 15) is 25.2 Å². The van der Waals surface area contributed by atoms with Crippen LogP contribution in [0.25, 0.3) is 6.08 Å². The summed E-state index contributed by atoms with van der Waals surface area (Å²) in [4.78, 5) is 12.6. The first-order chi connectivity index (χ1) is 14.1. The number of aliphatic hydroxyl groups excluding tert-OH is 1. The zero-order valence-corrected chi connectivity index (χ0v) is 17.5. The van der Waals surface area contributed by atoms with Crippen LogP contribution in [0.3, 0.4) is 0 Å². The largest absolute Gasteiger partial charge is 0.508 e. The van der Waals surface area contributed by atoms with Gasteiger partial charge in [-0.1, -0.05) is 35.9 Å². The summed E-state index contributed by atoms with van der Waals surface area (Å²) in [6, 6.07) is 7.72. The van der Waals surface area contributed by atoms with Crippen molar-refractivity contribution in [3.63, 3.8) is 0 Å². The third-order valence-corrected chi connectivity index (χ3v) is 4.75. The van der Waals surface area contributed by atoms with Crippen LogP contribution in [0.15, 0.2) is 60.2 Å². The second-order valence-corrected chi connectivity index (χ2v) is 7.60. The van der Waals surface area contributed by atoms with Crippen molar-refractivity contribution in [3.05, 3.63) is 82.5 Å². The zero-order chi connectivity index (χ0) is 22.4. The van der Waals surface area contributed by atoms with Crippen LogP contribution in [0.4, 0.5) is 0 Å². The van der Waals surface area contributed by atoms with E-state index in [4.69, 9.17) is 0 Å². The summed E-state index contributed by atoms with van der Waals surface area (Å²) < 4.78 is 0. The summed E-state index contributed by atoms with van der Waals surface area (Å²) >= 11 is 0. The summed E-state index contributed by atoms with van der Waals surface area (Å²) in [5.41, 5.74) is 3.22. The van der Waals surface area contributed by atoms with Crippen LogP contribution >= 0.6 is 0 Å². The standard InChI is InChI=1S/C25H28O5/c1-15(2)5-8-18-13-17(6-10-21(18)26)7-11-22(27)19-9-12-23(28)20(25(19)30)14-24(29)16(3)4/h5-7,9-13,24,26,28-30H,3,8,14H2,1-2,4H3/b11-7+. The molecule has 30 heavy (non-hydrogen) atoms. The van der Waals surface area contributed by atoms with E-state index >= 15 is 0 Å². The molecule has 2 aromatic rings. The van der Waals surface area contributed by atoms with Gasteiger partial charge in [0.05, 0.1) is 11.7 Å². The highest BCUT2D eigenvalue weighted by atomic mass is 16.3. The van der Waals surface area contributed by atoms with E-state index in [1.165, 1.54) is 18.2 Å². The van der Waals surface area contributed by atoms with Gasteiger partial charge in [-0.2, -0.15) is 0 Å². The average Bonchev–Trinajstić information content (AvgIpc) is 2.68. The van der Waals surface area contributed by atoms with Gasteiger partial charge in [-0.25, -0.2) is 0 Å². The molecule has 0 amide bonds. The van der Waals surface area contributed by atoms with Gasteiger partial charge in [-0.3, -0.25) is 4.79 Å². The molecule has 0 fully saturated rings. The van der Waals surface area contributed by atoms with Crippen molar-refractivity contribution in [1.82, 2.24) is 0 Å². The second kappa shape index (κ2) is 9.94. The summed E-state index contributed by atoms with van der Waals surface area (Å²) in [5, 5.41) is 40.5. The monoisotopic (exact) mass is 408 g/mol. The van der Waals surface area contributed by atoms with Crippen molar-refractivity contribution >= 4 is 11.9 Å². The molecule has 0 aliphatic heterocycles. The lowest BCUT2D eigenvalue weighted by Crippen LogP contribution is -2.12. The molecular weight excluding hydrogens is 380 g/mol. The molecule has 158 valence electrons. The number of hydrogen-bond acceptors (Lipinski definition) is 5. The zero-order valence-electron chi connectivity index (χ0n) is 17.5. The lowest BCUT2D eigenvalue weighted by Gasteiger charge is -2.14. The molecule has 0 radical (unpaired) electrons. The number of ketones is 1. The fraction of sp³-hybridized carbons (Fsp3) is 0.240. The van der Waals surface area contributed by atoms with E-state index in [0.717, 1.165) is 16.7 Å². The van der Waals surface area contributed by atoms with Crippen molar-refractivity contribution in [3.8, 4) is 17.2 Å². The molecule has 1 unspecified atom stereocenters. The minimum absolute atomic E-state index is 0.0245. The van der Waals surface area contributed by atoms with E-state index in [-0.39, 0.29) is 34.8 Å². The Labute approximate surface area is 177 Å². The topological polar surface area (TPSA) is 98.0 Å². The first kappa shape index (κ1) is 23.0. The SMILES string of the molecule is C=C(C)C(O)Cc1c(O)ccc(C(=O)/C=C/c2ccc(O)c(CC=C(C)C)c2)c1O. The fourth-order valence-electron chi connectivity index (χ4n) is 2.84. The van der Waals surface area contributed by atoms with Gasteiger partial charge >= 0.3 is 0 Å². The van der Waals surface area contributed by atoms with Crippen LogP contribution in [-0.4, -0.2) is 32.3 Å². The summed E-state index contributed by atoms with van der Waals surface area (Å²) in [5.74, 6) is -0.818. The number of hydrogen-bond donors (Lipinski definition) is 4. The van der Waals surface area contributed by atoms with Gasteiger partial charge < -0.3 is 20.4 Å². The Bertz CT molecular complexity index is 1010. The molecule has 4 N–H and O–H groups in total. The molecule has 2 aromatic carbocycles. The quantitative estimate of drug-likeness (QED) is 0.289.